The molecule has 0 saturated carbocycles. The van der Waals surface area contributed by atoms with Crippen LogP contribution in [0, 0.1) is 0 Å². The van der Waals surface area contributed by atoms with Gasteiger partial charge in [-0.25, -0.2) is 4.99 Å². The smallest absolute Gasteiger partial charge is 0.449 e. The number of rotatable bonds is 6. The van der Waals surface area contributed by atoms with Crippen LogP contribution in [0.1, 0.15) is 0 Å². The van der Waals surface area contributed by atoms with Crippen molar-refractivity contribution in [2.45, 2.75) is 6.18 Å². The van der Waals surface area contributed by atoms with Crippen molar-refractivity contribution in [2.75, 3.05) is 19.5 Å². The number of alkyl halides is 3. The standard InChI is InChI=1S/C25H20F3N3O3/c1-32-22-14-19-20(15-23(22)33-2)29-13-12-21(19)34-18-10-8-17(9-11-18)31-24(25(26,27)28)30-16-6-4-3-5-7-16/h3-15H,1-2H3,(H,30,31). The summed E-state index contributed by atoms with van der Waals surface area (Å²) in [6.45, 7) is 0. The Kier molecular flexibility index (Phi) is 6.53. The van der Waals surface area contributed by atoms with E-state index in [0.29, 0.717) is 33.9 Å². The van der Waals surface area contributed by atoms with Crippen LogP contribution in [0.5, 0.6) is 23.0 Å². The number of pyridine rings is 1. The molecule has 0 aliphatic carbocycles. The molecule has 4 aromatic rings. The van der Waals surface area contributed by atoms with Gasteiger partial charge in [0.15, 0.2) is 11.5 Å². The molecule has 1 aromatic heterocycles. The molecule has 0 aliphatic heterocycles. The molecule has 0 aliphatic rings. The monoisotopic (exact) mass is 467 g/mol. The minimum Gasteiger partial charge on any atom is -0.493 e. The lowest BCUT2D eigenvalue weighted by atomic mass is 10.2. The van der Waals surface area contributed by atoms with E-state index in [9.17, 15) is 13.2 Å². The minimum absolute atomic E-state index is 0.120. The highest BCUT2D eigenvalue weighted by Gasteiger charge is 2.36. The number of aliphatic imine (C=N–C) groups is 1. The van der Waals surface area contributed by atoms with E-state index in [1.807, 2.05) is 0 Å². The highest BCUT2D eigenvalue weighted by molar-refractivity contribution is 6.01. The van der Waals surface area contributed by atoms with Crippen LogP contribution in [-0.2, 0) is 0 Å². The Morgan fingerprint density at radius 3 is 2.18 bits per heavy atom. The van der Waals surface area contributed by atoms with E-state index in [2.05, 4.69) is 15.3 Å². The van der Waals surface area contributed by atoms with E-state index in [-0.39, 0.29) is 11.4 Å². The van der Waals surface area contributed by atoms with Gasteiger partial charge in [-0.1, -0.05) is 18.2 Å². The fourth-order valence-electron chi connectivity index (χ4n) is 3.20. The van der Waals surface area contributed by atoms with Crippen LogP contribution in [0.2, 0.25) is 0 Å². The third-order valence-corrected chi connectivity index (χ3v) is 4.82. The van der Waals surface area contributed by atoms with E-state index in [1.54, 1.807) is 54.7 Å². The molecule has 0 saturated heterocycles. The van der Waals surface area contributed by atoms with Crippen LogP contribution in [0.25, 0.3) is 10.9 Å². The Balaban J connectivity index is 1.60. The number of hydrogen-bond acceptors (Lipinski definition) is 5. The zero-order chi connectivity index (χ0) is 24.1. The van der Waals surface area contributed by atoms with Gasteiger partial charge in [0, 0.05) is 23.3 Å². The number of amidine groups is 1. The van der Waals surface area contributed by atoms with E-state index < -0.39 is 12.0 Å². The average Bonchev–Trinajstić information content (AvgIpc) is 2.84. The number of anilines is 1. The van der Waals surface area contributed by atoms with Crippen molar-refractivity contribution in [1.29, 1.82) is 0 Å². The Bertz CT molecular complexity index is 1310. The van der Waals surface area contributed by atoms with Crippen molar-refractivity contribution in [2.24, 2.45) is 4.99 Å². The first-order valence-corrected chi connectivity index (χ1v) is 10.1. The molecule has 34 heavy (non-hydrogen) atoms. The van der Waals surface area contributed by atoms with Crippen LogP contribution in [0.3, 0.4) is 0 Å². The molecular formula is C25H20F3N3O3. The Hall–Kier alpha value is -4.27. The Labute approximate surface area is 193 Å². The SMILES string of the molecule is COc1cc2nccc(Oc3ccc(N=C(Nc4ccccc4)C(F)(F)F)cc3)c2cc1OC. The molecular weight excluding hydrogens is 447 g/mol. The fourth-order valence-corrected chi connectivity index (χ4v) is 3.20. The van der Waals surface area contributed by atoms with Gasteiger partial charge >= 0.3 is 6.18 Å². The maximum atomic E-state index is 13.5. The third-order valence-electron chi connectivity index (χ3n) is 4.82. The summed E-state index contributed by atoms with van der Waals surface area (Å²) in [5, 5.41) is 3.02. The van der Waals surface area contributed by atoms with Gasteiger partial charge in [0.25, 0.3) is 0 Å². The first-order chi connectivity index (χ1) is 16.4. The molecule has 0 spiro atoms. The van der Waals surface area contributed by atoms with Crippen LogP contribution >= 0.6 is 0 Å². The minimum atomic E-state index is -4.65. The number of fused-ring (bicyclic) bond motifs is 1. The fraction of sp³-hybridized carbons (Fsp3) is 0.120. The highest BCUT2D eigenvalue weighted by Crippen LogP contribution is 2.37. The number of benzene rings is 3. The van der Waals surface area contributed by atoms with Gasteiger partial charge in [-0.15, -0.1) is 0 Å². The van der Waals surface area contributed by atoms with Crippen molar-refractivity contribution in [3.8, 4) is 23.0 Å². The normalized spacial score (nSPS) is 11.9. The first kappa shape index (κ1) is 22.9. The zero-order valence-electron chi connectivity index (χ0n) is 18.3. The largest absolute Gasteiger partial charge is 0.493 e. The summed E-state index contributed by atoms with van der Waals surface area (Å²) in [6.07, 6.45) is -3.06. The van der Waals surface area contributed by atoms with Gasteiger partial charge in [0.1, 0.15) is 11.5 Å². The molecule has 0 radical (unpaired) electrons. The molecule has 0 amide bonds. The molecule has 0 bridgehead atoms. The summed E-state index contributed by atoms with van der Waals surface area (Å²) in [4.78, 5) is 8.07. The van der Waals surface area contributed by atoms with Gasteiger partial charge in [-0.3, -0.25) is 4.98 Å². The summed E-state index contributed by atoms with van der Waals surface area (Å²) < 4.78 is 57.1. The number of hydrogen-bond donors (Lipinski definition) is 1. The van der Waals surface area contributed by atoms with Crippen molar-refractivity contribution < 1.29 is 27.4 Å². The van der Waals surface area contributed by atoms with Gasteiger partial charge in [0.2, 0.25) is 5.84 Å². The molecule has 4 rings (SSSR count). The van der Waals surface area contributed by atoms with Crippen molar-refractivity contribution in [1.82, 2.24) is 4.98 Å². The van der Waals surface area contributed by atoms with Crippen molar-refractivity contribution in [3.63, 3.8) is 0 Å². The lowest BCUT2D eigenvalue weighted by Crippen LogP contribution is -2.30. The quantitative estimate of drug-likeness (QED) is 0.251. The molecule has 174 valence electrons. The van der Waals surface area contributed by atoms with E-state index >= 15 is 0 Å². The van der Waals surface area contributed by atoms with Crippen LogP contribution in [0.4, 0.5) is 24.5 Å². The summed E-state index contributed by atoms with van der Waals surface area (Å²) in [7, 11) is 3.06. The topological polar surface area (TPSA) is 65.0 Å². The number of aromatic nitrogens is 1. The van der Waals surface area contributed by atoms with E-state index in [4.69, 9.17) is 14.2 Å². The molecule has 6 nitrogen and oxygen atoms in total. The number of para-hydroxylation sites is 1. The second-order valence-corrected chi connectivity index (χ2v) is 7.08. The maximum absolute atomic E-state index is 13.5. The zero-order valence-corrected chi connectivity index (χ0v) is 18.3. The van der Waals surface area contributed by atoms with Crippen LogP contribution < -0.4 is 19.5 Å². The second-order valence-electron chi connectivity index (χ2n) is 7.08. The number of halogens is 3. The van der Waals surface area contributed by atoms with Crippen LogP contribution in [0.15, 0.2) is 84.0 Å². The predicted octanol–water partition coefficient (Wildman–Crippen LogP) is 6.75. The summed E-state index contributed by atoms with van der Waals surface area (Å²) >= 11 is 0. The number of ether oxygens (including phenoxy) is 3. The summed E-state index contributed by atoms with van der Waals surface area (Å²) in [5.41, 5.74) is 1.04. The molecule has 0 atom stereocenters. The summed E-state index contributed by atoms with van der Waals surface area (Å²) in [6, 6.07) is 19.2. The average molecular weight is 467 g/mol. The van der Waals surface area contributed by atoms with Gasteiger partial charge in [-0.05, 0) is 48.5 Å². The molecule has 1 heterocycles. The summed E-state index contributed by atoms with van der Waals surface area (Å²) in [5.74, 6) is 0.859. The molecule has 0 unspecified atom stereocenters. The van der Waals surface area contributed by atoms with Crippen molar-refractivity contribution in [3.05, 3.63) is 79.0 Å². The second kappa shape index (κ2) is 9.70. The molecule has 9 heteroatoms. The molecule has 3 aromatic carbocycles. The first-order valence-electron chi connectivity index (χ1n) is 10.1. The van der Waals surface area contributed by atoms with E-state index in [1.165, 1.54) is 38.5 Å². The van der Waals surface area contributed by atoms with Gasteiger partial charge < -0.3 is 19.5 Å². The maximum Gasteiger partial charge on any atom is 0.449 e. The number of nitrogens with one attached hydrogen (secondary N) is 1. The lowest BCUT2D eigenvalue weighted by Gasteiger charge is -2.14. The Morgan fingerprint density at radius 1 is 0.853 bits per heavy atom. The lowest BCUT2D eigenvalue weighted by molar-refractivity contribution is -0.0586. The number of methoxy groups -OCH3 is 2. The highest BCUT2D eigenvalue weighted by atomic mass is 19.4. The Morgan fingerprint density at radius 2 is 1.53 bits per heavy atom. The molecule has 1 N–H and O–H groups in total. The van der Waals surface area contributed by atoms with Crippen molar-refractivity contribution >= 4 is 28.1 Å². The van der Waals surface area contributed by atoms with Crippen LogP contribution in [-0.4, -0.2) is 31.2 Å². The van der Waals surface area contributed by atoms with E-state index in [0.717, 1.165) is 0 Å². The van der Waals surface area contributed by atoms with Gasteiger partial charge in [0.05, 0.1) is 25.4 Å². The third kappa shape index (κ3) is 5.20. The van der Waals surface area contributed by atoms with Gasteiger partial charge in [-0.2, -0.15) is 13.2 Å². The number of nitrogens with zero attached hydrogens (tertiary/aromatic N) is 2. The predicted molar refractivity (Wildman–Crippen MR) is 125 cm³/mol. The molecule has 0 fully saturated rings.